The van der Waals surface area contributed by atoms with Gasteiger partial charge in [0.15, 0.2) is 0 Å². The second kappa shape index (κ2) is 7.74. The van der Waals surface area contributed by atoms with Crippen molar-refractivity contribution in [1.29, 1.82) is 0 Å². The fourth-order valence-corrected chi connectivity index (χ4v) is 1.75. The Morgan fingerprint density at radius 1 is 1.33 bits per heavy atom. The molecule has 18 heavy (non-hydrogen) atoms. The van der Waals surface area contributed by atoms with Gasteiger partial charge in [-0.05, 0) is 46.7 Å². The lowest BCUT2D eigenvalue weighted by Gasteiger charge is -2.29. The predicted octanol–water partition coefficient (Wildman–Crippen LogP) is 1.60. The molecule has 1 unspecified atom stereocenters. The molecule has 108 valence electrons. The van der Waals surface area contributed by atoms with Gasteiger partial charge >= 0.3 is 0 Å². The Bertz CT molecular complexity index is 246. The maximum atomic E-state index is 11.9. The lowest BCUT2D eigenvalue weighted by molar-refractivity contribution is -0.123. The number of hydrogen-bond donors (Lipinski definition) is 2. The third-order valence-corrected chi connectivity index (χ3v) is 2.89. The predicted molar refractivity (Wildman–Crippen MR) is 77.4 cm³/mol. The van der Waals surface area contributed by atoms with Crippen LogP contribution in [0.3, 0.4) is 0 Å². The zero-order valence-electron chi connectivity index (χ0n) is 12.9. The molecule has 4 nitrogen and oxygen atoms in total. The molecule has 0 fully saturated rings. The van der Waals surface area contributed by atoms with E-state index in [1.54, 1.807) is 0 Å². The lowest BCUT2D eigenvalue weighted by atomic mass is 10.1. The first-order chi connectivity index (χ1) is 8.15. The molecule has 0 saturated heterocycles. The second-order valence-corrected chi connectivity index (χ2v) is 6.55. The zero-order valence-corrected chi connectivity index (χ0v) is 12.9. The highest BCUT2D eigenvalue weighted by Crippen LogP contribution is 2.07. The number of hydrogen-bond acceptors (Lipinski definition) is 3. The fourth-order valence-electron chi connectivity index (χ4n) is 1.75. The van der Waals surface area contributed by atoms with Crippen LogP contribution in [0.4, 0.5) is 0 Å². The molecule has 0 saturated carbocycles. The van der Waals surface area contributed by atoms with Gasteiger partial charge in [-0.15, -0.1) is 0 Å². The van der Waals surface area contributed by atoms with Crippen molar-refractivity contribution in [3.05, 3.63) is 0 Å². The maximum absolute atomic E-state index is 11.9. The van der Waals surface area contributed by atoms with Crippen LogP contribution in [0.25, 0.3) is 0 Å². The molecule has 0 radical (unpaired) electrons. The Kier molecular flexibility index (Phi) is 7.48. The largest absolute Gasteiger partial charge is 0.351 e. The number of likely N-dealkylation sites (N-methyl/N-ethyl adjacent to an activating group) is 1. The van der Waals surface area contributed by atoms with Crippen molar-refractivity contribution in [2.24, 2.45) is 11.7 Å². The van der Waals surface area contributed by atoms with E-state index in [4.69, 9.17) is 5.73 Å². The summed E-state index contributed by atoms with van der Waals surface area (Å²) in [6, 6.07) is 0.131. The summed E-state index contributed by atoms with van der Waals surface area (Å²) in [5, 5.41) is 2.98. The minimum atomic E-state index is -0.174. The van der Waals surface area contributed by atoms with Gasteiger partial charge in [-0.1, -0.05) is 13.8 Å². The van der Waals surface area contributed by atoms with Crippen molar-refractivity contribution in [2.45, 2.75) is 59.0 Å². The molecule has 0 heterocycles. The topological polar surface area (TPSA) is 58.4 Å². The van der Waals surface area contributed by atoms with Crippen LogP contribution in [0.15, 0.2) is 0 Å². The van der Waals surface area contributed by atoms with E-state index in [1.807, 2.05) is 27.8 Å². The van der Waals surface area contributed by atoms with Crippen molar-refractivity contribution in [3.8, 4) is 0 Å². The van der Waals surface area contributed by atoms with Gasteiger partial charge in [0.1, 0.15) is 0 Å². The Hall–Kier alpha value is -0.610. The summed E-state index contributed by atoms with van der Waals surface area (Å²) in [7, 11) is 2.05. The SMILES string of the molecule is CC(C)CCN(C)C(CN)CC(=O)NC(C)(C)C. The molecule has 1 amide bonds. The van der Waals surface area contributed by atoms with Crippen LogP contribution in [0.5, 0.6) is 0 Å². The Morgan fingerprint density at radius 3 is 2.28 bits per heavy atom. The maximum Gasteiger partial charge on any atom is 0.222 e. The van der Waals surface area contributed by atoms with E-state index in [2.05, 4.69) is 24.1 Å². The molecule has 1 atom stereocenters. The average Bonchev–Trinajstić information content (AvgIpc) is 2.19. The molecule has 0 spiro atoms. The van der Waals surface area contributed by atoms with Crippen LogP contribution in [-0.2, 0) is 4.79 Å². The van der Waals surface area contributed by atoms with Crippen molar-refractivity contribution in [2.75, 3.05) is 20.1 Å². The van der Waals surface area contributed by atoms with E-state index in [0.717, 1.165) is 13.0 Å². The van der Waals surface area contributed by atoms with E-state index in [0.29, 0.717) is 18.9 Å². The van der Waals surface area contributed by atoms with E-state index >= 15 is 0 Å². The second-order valence-electron chi connectivity index (χ2n) is 6.55. The molecule has 0 aliphatic heterocycles. The first-order valence-corrected chi connectivity index (χ1v) is 6.87. The van der Waals surface area contributed by atoms with Gasteiger partial charge < -0.3 is 16.0 Å². The first kappa shape index (κ1) is 17.4. The Labute approximate surface area is 112 Å². The van der Waals surface area contributed by atoms with Crippen LogP contribution >= 0.6 is 0 Å². The fraction of sp³-hybridized carbons (Fsp3) is 0.929. The zero-order chi connectivity index (χ0) is 14.3. The number of nitrogens with one attached hydrogen (secondary N) is 1. The third kappa shape index (κ3) is 8.48. The van der Waals surface area contributed by atoms with Gasteiger partial charge in [0, 0.05) is 24.5 Å². The van der Waals surface area contributed by atoms with Crippen molar-refractivity contribution in [1.82, 2.24) is 10.2 Å². The summed E-state index contributed by atoms with van der Waals surface area (Å²) < 4.78 is 0. The quantitative estimate of drug-likeness (QED) is 0.728. The van der Waals surface area contributed by atoms with Gasteiger partial charge in [0.25, 0.3) is 0 Å². The monoisotopic (exact) mass is 257 g/mol. The summed E-state index contributed by atoms with van der Waals surface area (Å²) >= 11 is 0. The van der Waals surface area contributed by atoms with Gasteiger partial charge in [0.05, 0.1) is 0 Å². The van der Waals surface area contributed by atoms with E-state index in [-0.39, 0.29) is 17.5 Å². The molecular weight excluding hydrogens is 226 g/mol. The number of nitrogens with zero attached hydrogens (tertiary/aromatic N) is 1. The van der Waals surface area contributed by atoms with Crippen LogP contribution in [0, 0.1) is 5.92 Å². The van der Waals surface area contributed by atoms with E-state index < -0.39 is 0 Å². The van der Waals surface area contributed by atoms with E-state index in [1.165, 1.54) is 0 Å². The Morgan fingerprint density at radius 2 is 1.89 bits per heavy atom. The number of nitrogens with two attached hydrogens (primary N) is 1. The minimum Gasteiger partial charge on any atom is -0.351 e. The molecule has 0 bridgehead atoms. The van der Waals surface area contributed by atoms with Crippen molar-refractivity contribution in [3.63, 3.8) is 0 Å². The average molecular weight is 257 g/mol. The minimum absolute atomic E-state index is 0.0781. The van der Waals surface area contributed by atoms with Crippen molar-refractivity contribution >= 4 is 5.91 Å². The lowest BCUT2D eigenvalue weighted by Crippen LogP contribution is -2.46. The number of carbonyl (C=O) groups excluding carboxylic acids is 1. The van der Waals surface area contributed by atoms with Crippen LogP contribution in [0.1, 0.15) is 47.5 Å². The summed E-state index contributed by atoms with van der Waals surface area (Å²) in [5.41, 5.74) is 5.60. The third-order valence-electron chi connectivity index (χ3n) is 2.89. The number of amides is 1. The molecule has 0 aromatic carbocycles. The van der Waals surface area contributed by atoms with Crippen LogP contribution in [0.2, 0.25) is 0 Å². The van der Waals surface area contributed by atoms with Crippen molar-refractivity contribution < 1.29 is 4.79 Å². The normalized spacial score (nSPS) is 14.1. The summed E-state index contributed by atoms with van der Waals surface area (Å²) in [6.07, 6.45) is 1.61. The molecule has 0 aliphatic rings. The van der Waals surface area contributed by atoms with E-state index in [9.17, 15) is 4.79 Å². The van der Waals surface area contributed by atoms with Gasteiger partial charge in [-0.25, -0.2) is 0 Å². The number of carbonyl (C=O) groups is 1. The van der Waals surface area contributed by atoms with Crippen LogP contribution < -0.4 is 11.1 Å². The highest BCUT2D eigenvalue weighted by atomic mass is 16.1. The molecule has 0 aromatic heterocycles. The Balaban J connectivity index is 4.20. The molecular formula is C14H31N3O. The molecule has 4 heteroatoms. The first-order valence-electron chi connectivity index (χ1n) is 6.87. The smallest absolute Gasteiger partial charge is 0.222 e. The number of rotatable bonds is 7. The summed E-state index contributed by atoms with van der Waals surface area (Å²) in [6.45, 7) is 11.9. The highest BCUT2D eigenvalue weighted by Gasteiger charge is 2.20. The molecule has 0 rings (SSSR count). The molecule has 0 aliphatic carbocycles. The molecule has 3 N–H and O–H groups in total. The standard InChI is InChI=1S/C14H31N3O/c1-11(2)7-8-17(6)12(10-15)9-13(18)16-14(3,4)5/h11-12H,7-10,15H2,1-6H3,(H,16,18). The summed E-state index contributed by atoms with van der Waals surface area (Å²) in [4.78, 5) is 14.1. The van der Waals surface area contributed by atoms with Crippen LogP contribution in [-0.4, -0.2) is 42.5 Å². The van der Waals surface area contributed by atoms with Gasteiger partial charge in [0.2, 0.25) is 5.91 Å². The highest BCUT2D eigenvalue weighted by molar-refractivity contribution is 5.77. The van der Waals surface area contributed by atoms with Gasteiger partial charge in [-0.3, -0.25) is 4.79 Å². The molecule has 0 aromatic rings. The van der Waals surface area contributed by atoms with Gasteiger partial charge in [-0.2, -0.15) is 0 Å². The summed E-state index contributed by atoms with van der Waals surface area (Å²) in [5.74, 6) is 0.753.